The highest BCUT2D eigenvalue weighted by molar-refractivity contribution is 7.18. The molecule has 0 spiro atoms. The van der Waals surface area contributed by atoms with Gasteiger partial charge in [-0.05, 0) is 48.2 Å². The number of thiophene rings is 1. The van der Waals surface area contributed by atoms with Crippen molar-refractivity contribution in [3.05, 3.63) is 51.6 Å². The number of halogens is 1. The molecule has 0 saturated heterocycles. The van der Waals surface area contributed by atoms with Gasteiger partial charge in [-0.1, -0.05) is 32.4 Å². The van der Waals surface area contributed by atoms with Gasteiger partial charge in [-0.2, -0.15) is 0 Å². The molecule has 2 aromatic heterocycles. The number of aliphatic carboxylic acids is 1. The van der Waals surface area contributed by atoms with Gasteiger partial charge < -0.3 is 15.7 Å². The number of amides is 1. The van der Waals surface area contributed by atoms with Crippen LogP contribution in [0, 0.1) is 12.8 Å². The molecule has 0 aliphatic heterocycles. The maximum absolute atomic E-state index is 12.4. The van der Waals surface area contributed by atoms with Gasteiger partial charge >= 0.3 is 5.97 Å². The van der Waals surface area contributed by atoms with Gasteiger partial charge in [-0.25, -0.2) is 14.8 Å². The molecule has 3 N–H and O–H groups in total. The minimum Gasteiger partial charge on any atom is -0.480 e. The van der Waals surface area contributed by atoms with Crippen molar-refractivity contribution in [1.82, 2.24) is 15.3 Å². The van der Waals surface area contributed by atoms with Gasteiger partial charge in [-0.3, -0.25) is 4.79 Å². The summed E-state index contributed by atoms with van der Waals surface area (Å²) in [6, 6.07) is 8.10. The Morgan fingerprint density at radius 2 is 1.93 bits per heavy atom. The maximum Gasteiger partial charge on any atom is 0.326 e. The molecular weight excluding hydrogens is 424 g/mol. The van der Waals surface area contributed by atoms with Gasteiger partial charge in [0.2, 0.25) is 5.28 Å². The first-order valence-electron chi connectivity index (χ1n) is 9.58. The third kappa shape index (κ3) is 5.06. The lowest BCUT2D eigenvalue weighted by atomic mass is 9.99. The van der Waals surface area contributed by atoms with Crippen molar-refractivity contribution in [2.24, 2.45) is 5.92 Å². The first-order valence-corrected chi connectivity index (χ1v) is 10.8. The molecule has 3 aromatic rings. The first-order chi connectivity index (χ1) is 14.3. The van der Waals surface area contributed by atoms with E-state index in [4.69, 9.17) is 11.6 Å². The number of anilines is 1. The molecule has 7 nitrogen and oxygen atoms in total. The molecule has 0 saturated carbocycles. The standard InChI is InChI=1S/C21H23ClN4O3S/c1-4-11(2)16(20(28)29)24-18(27)14-7-5-13(6-8-14)10-23-17-15-9-12(3)30-19(15)26-21(22)25-17/h5-9,11,16H,4,10H2,1-3H3,(H,24,27)(H,28,29)(H,23,25,26). The van der Waals surface area contributed by atoms with Crippen molar-refractivity contribution in [3.63, 3.8) is 0 Å². The summed E-state index contributed by atoms with van der Waals surface area (Å²) < 4.78 is 0. The fourth-order valence-electron chi connectivity index (χ4n) is 3.02. The summed E-state index contributed by atoms with van der Waals surface area (Å²) in [5, 5.41) is 16.3. The lowest BCUT2D eigenvalue weighted by molar-refractivity contribution is -0.140. The van der Waals surface area contributed by atoms with Crippen LogP contribution in [-0.2, 0) is 11.3 Å². The molecule has 0 bridgehead atoms. The van der Waals surface area contributed by atoms with Crippen molar-refractivity contribution in [1.29, 1.82) is 0 Å². The number of fused-ring (bicyclic) bond motifs is 1. The van der Waals surface area contributed by atoms with Crippen LogP contribution in [0.2, 0.25) is 5.28 Å². The monoisotopic (exact) mass is 446 g/mol. The second-order valence-corrected chi connectivity index (χ2v) is 8.72. The molecule has 9 heteroatoms. The predicted octanol–water partition coefficient (Wildman–Crippen LogP) is 4.49. The molecule has 0 aliphatic rings. The Kier molecular flexibility index (Phi) is 6.89. The number of benzene rings is 1. The molecule has 2 heterocycles. The molecule has 1 amide bonds. The number of rotatable bonds is 8. The van der Waals surface area contributed by atoms with Crippen molar-refractivity contribution in [3.8, 4) is 0 Å². The molecule has 158 valence electrons. The summed E-state index contributed by atoms with van der Waals surface area (Å²) in [4.78, 5) is 34.3. The zero-order valence-corrected chi connectivity index (χ0v) is 18.5. The number of carboxylic acids is 1. The van der Waals surface area contributed by atoms with Gasteiger partial charge in [0, 0.05) is 17.0 Å². The fraction of sp³-hybridized carbons (Fsp3) is 0.333. The first kappa shape index (κ1) is 22.0. The summed E-state index contributed by atoms with van der Waals surface area (Å²) in [7, 11) is 0. The highest BCUT2D eigenvalue weighted by Crippen LogP contribution is 2.29. The number of aryl methyl sites for hydroxylation is 1. The van der Waals surface area contributed by atoms with Gasteiger partial charge in [0.15, 0.2) is 0 Å². The number of hydrogen-bond acceptors (Lipinski definition) is 6. The number of carbonyl (C=O) groups is 2. The van der Waals surface area contributed by atoms with E-state index in [2.05, 4.69) is 20.6 Å². The van der Waals surface area contributed by atoms with Gasteiger partial charge in [-0.15, -0.1) is 11.3 Å². The second-order valence-electron chi connectivity index (χ2n) is 7.14. The molecule has 3 rings (SSSR count). The smallest absolute Gasteiger partial charge is 0.326 e. The van der Waals surface area contributed by atoms with E-state index in [9.17, 15) is 14.7 Å². The predicted molar refractivity (Wildman–Crippen MR) is 119 cm³/mol. The molecule has 0 fully saturated rings. The SMILES string of the molecule is CCC(C)C(NC(=O)c1ccc(CNc2nc(Cl)nc3sc(C)cc23)cc1)C(=O)O. The Morgan fingerprint density at radius 3 is 2.57 bits per heavy atom. The third-order valence-electron chi connectivity index (χ3n) is 4.93. The van der Waals surface area contributed by atoms with E-state index in [1.54, 1.807) is 30.4 Å². The molecule has 0 radical (unpaired) electrons. The summed E-state index contributed by atoms with van der Waals surface area (Å²) in [5.74, 6) is -0.932. The number of hydrogen-bond donors (Lipinski definition) is 3. The van der Waals surface area contributed by atoms with Gasteiger partial charge in [0.05, 0.1) is 5.39 Å². The average molecular weight is 447 g/mol. The Hall–Kier alpha value is -2.71. The molecule has 0 aliphatic carbocycles. The van der Waals surface area contributed by atoms with E-state index < -0.39 is 17.9 Å². The molecule has 2 atom stereocenters. The van der Waals surface area contributed by atoms with Crippen LogP contribution in [0.1, 0.15) is 41.1 Å². The van der Waals surface area contributed by atoms with Gasteiger partial charge in [0.25, 0.3) is 5.91 Å². The van der Waals surface area contributed by atoms with E-state index in [1.165, 1.54) is 0 Å². The number of aromatic nitrogens is 2. The van der Waals surface area contributed by atoms with E-state index >= 15 is 0 Å². The van der Waals surface area contributed by atoms with E-state index in [0.717, 1.165) is 20.7 Å². The summed E-state index contributed by atoms with van der Waals surface area (Å²) in [5.41, 5.74) is 1.35. The normalized spacial score (nSPS) is 13.1. The zero-order valence-electron chi connectivity index (χ0n) is 16.9. The number of nitrogens with one attached hydrogen (secondary N) is 2. The summed E-state index contributed by atoms with van der Waals surface area (Å²) >= 11 is 7.58. The molecule has 30 heavy (non-hydrogen) atoms. The minimum atomic E-state index is -1.03. The highest BCUT2D eigenvalue weighted by Gasteiger charge is 2.25. The van der Waals surface area contributed by atoms with E-state index in [1.807, 2.05) is 32.0 Å². The quantitative estimate of drug-likeness (QED) is 0.440. The number of carboxylic acid groups (broad SMARTS) is 1. The number of nitrogens with zero attached hydrogens (tertiary/aromatic N) is 2. The van der Waals surface area contributed by atoms with E-state index in [0.29, 0.717) is 24.3 Å². The number of carbonyl (C=O) groups excluding carboxylic acids is 1. The van der Waals surface area contributed by atoms with Crippen LogP contribution >= 0.6 is 22.9 Å². The molecule has 2 unspecified atom stereocenters. The Labute approximate surface area is 183 Å². The largest absolute Gasteiger partial charge is 0.480 e. The fourth-order valence-corrected chi connectivity index (χ4v) is 4.12. The zero-order chi connectivity index (χ0) is 21.8. The van der Waals surface area contributed by atoms with Gasteiger partial charge in [0.1, 0.15) is 16.7 Å². The Morgan fingerprint density at radius 1 is 1.23 bits per heavy atom. The average Bonchev–Trinajstić information content (AvgIpc) is 3.09. The summed E-state index contributed by atoms with van der Waals surface area (Å²) in [6.45, 7) is 6.19. The minimum absolute atomic E-state index is 0.160. The molecular formula is C21H23ClN4O3S. The van der Waals surface area contributed by atoms with Crippen molar-refractivity contribution < 1.29 is 14.7 Å². The van der Waals surface area contributed by atoms with Crippen LogP contribution in [-0.4, -0.2) is 33.0 Å². The Bertz CT molecular complexity index is 1070. The lowest BCUT2D eigenvalue weighted by Gasteiger charge is -2.20. The Balaban J connectivity index is 1.68. The van der Waals surface area contributed by atoms with Crippen LogP contribution in [0.3, 0.4) is 0 Å². The maximum atomic E-state index is 12.4. The van der Waals surface area contributed by atoms with E-state index in [-0.39, 0.29) is 11.2 Å². The topological polar surface area (TPSA) is 104 Å². The van der Waals surface area contributed by atoms with Crippen molar-refractivity contribution in [2.45, 2.75) is 39.8 Å². The van der Waals surface area contributed by atoms with Crippen LogP contribution in [0.15, 0.2) is 30.3 Å². The highest BCUT2D eigenvalue weighted by atomic mass is 35.5. The van der Waals surface area contributed by atoms with Crippen LogP contribution in [0.5, 0.6) is 0 Å². The molecule has 1 aromatic carbocycles. The third-order valence-corrected chi connectivity index (χ3v) is 6.04. The van der Waals surface area contributed by atoms with Crippen molar-refractivity contribution >= 4 is 50.8 Å². The van der Waals surface area contributed by atoms with Crippen LogP contribution < -0.4 is 10.6 Å². The van der Waals surface area contributed by atoms with Crippen LogP contribution in [0.4, 0.5) is 5.82 Å². The summed E-state index contributed by atoms with van der Waals surface area (Å²) in [6.07, 6.45) is 0.659. The lowest BCUT2D eigenvalue weighted by Crippen LogP contribution is -2.45. The van der Waals surface area contributed by atoms with Crippen LogP contribution in [0.25, 0.3) is 10.2 Å². The van der Waals surface area contributed by atoms with Crippen molar-refractivity contribution in [2.75, 3.05) is 5.32 Å². The second kappa shape index (κ2) is 9.40.